The monoisotopic (exact) mass is 321 g/mol. The van der Waals surface area contributed by atoms with Gasteiger partial charge in [0, 0.05) is 5.69 Å². The number of hydrogen-bond donors (Lipinski definition) is 1. The van der Waals surface area contributed by atoms with Crippen molar-refractivity contribution in [3.63, 3.8) is 0 Å². The van der Waals surface area contributed by atoms with Crippen LogP contribution in [0.1, 0.15) is 12.5 Å². The van der Waals surface area contributed by atoms with E-state index >= 15 is 0 Å². The van der Waals surface area contributed by atoms with Gasteiger partial charge in [-0.2, -0.15) is 0 Å². The van der Waals surface area contributed by atoms with E-state index in [1.807, 2.05) is 19.1 Å². The van der Waals surface area contributed by atoms with E-state index in [0.29, 0.717) is 5.69 Å². The molecular weight excluding hydrogens is 305 g/mol. The highest BCUT2D eigenvalue weighted by atomic mass is 32.2. The average Bonchev–Trinajstić information content (AvgIpc) is 2.47. The summed E-state index contributed by atoms with van der Waals surface area (Å²) in [7, 11) is -4.01. The quantitative estimate of drug-likeness (QED) is 0.921. The van der Waals surface area contributed by atoms with Crippen molar-refractivity contribution in [2.45, 2.75) is 18.2 Å². The van der Waals surface area contributed by atoms with Gasteiger partial charge in [0.25, 0.3) is 0 Å². The molecule has 0 aromatic heterocycles. The molecule has 0 aliphatic carbocycles. The van der Waals surface area contributed by atoms with E-state index in [2.05, 4.69) is 5.32 Å². The van der Waals surface area contributed by atoms with Crippen LogP contribution in [0.5, 0.6) is 0 Å². The summed E-state index contributed by atoms with van der Waals surface area (Å²) >= 11 is 0. The maximum Gasteiger partial charge on any atom is 0.239 e. The fraction of sp³-hybridized carbons (Fsp3) is 0.188. The van der Waals surface area contributed by atoms with Crippen molar-refractivity contribution < 1.29 is 17.6 Å². The van der Waals surface area contributed by atoms with Gasteiger partial charge in [-0.25, -0.2) is 12.8 Å². The lowest BCUT2D eigenvalue weighted by molar-refractivity contribution is -0.113. The first-order valence-electron chi connectivity index (χ1n) is 6.78. The smallest absolute Gasteiger partial charge is 0.239 e. The summed E-state index contributed by atoms with van der Waals surface area (Å²) in [5.41, 5.74) is 1.61. The minimum absolute atomic E-state index is 0.466. The van der Waals surface area contributed by atoms with Crippen molar-refractivity contribution in [2.24, 2.45) is 0 Å². The van der Waals surface area contributed by atoms with Gasteiger partial charge in [0.05, 0.1) is 0 Å². The topological polar surface area (TPSA) is 63.2 Å². The van der Waals surface area contributed by atoms with Gasteiger partial charge in [0.1, 0.15) is 16.5 Å². The fourth-order valence-electron chi connectivity index (χ4n) is 1.97. The van der Waals surface area contributed by atoms with Crippen molar-refractivity contribution in [2.75, 3.05) is 11.1 Å². The first-order valence-corrected chi connectivity index (χ1v) is 8.43. The Balaban J connectivity index is 2.09. The average molecular weight is 321 g/mol. The summed E-state index contributed by atoms with van der Waals surface area (Å²) in [6, 6.07) is 12.1. The first-order chi connectivity index (χ1) is 10.4. The van der Waals surface area contributed by atoms with Crippen LogP contribution >= 0.6 is 0 Å². The maximum atomic E-state index is 13.5. The third-order valence-electron chi connectivity index (χ3n) is 3.14. The van der Waals surface area contributed by atoms with E-state index in [1.54, 1.807) is 12.1 Å². The van der Waals surface area contributed by atoms with Gasteiger partial charge in [-0.15, -0.1) is 0 Å². The van der Waals surface area contributed by atoms with E-state index < -0.39 is 32.2 Å². The molecule has 6 heteroatoms. The SMILES string of the molecule is CCc1ccc(NC(=O)CS(=O)(=O)c2ccccc2F)cc1. The van der Waals surface area contributed by atoms with Gasteiger partial charge >= 0.3 is 0 Å². The van der Waals surface area contributed by atoms with E-state index in [0.717, 1.165) is 24.1 Å². The van der Waals surface area contributed by atoms with Crippen molar-refractivity contribution >= 4 is 21.4 Å². The zero-order chi connectivity index (χ0) is 16.2. The summed E-state index contributed by atoms with van der Waals surface area (Å²) in [4.78, 5) is 11.4. The summed E-state index contributed by atoms with van der Waals surface area (Å²) in [6.07, 6.45) is 0.871. The molecule has 1 N–H and O–H groups in total. The molecule has 4 nitrogen and oxygen atoms in total. The van der Waals surface area contributed by atoms with E-state index in [9.17, 15) is 17.6 Å². The molecule has 0 aliphatic heterocycles. The molecule has 0 unspecified atom stereocenters. The van der Waals surface area contributed by atoms with E-state index in [4.69, 9.17) is 0 Å². The van der Waals surface area contributed by atoms with Gasteiger partial charge in [-0.3, -0.25) is 4.79 Å². The zero-order valence-corrected chi connectivity index (χ0v) is 12.9. The first kappa shape index (κ1) is 16.2. The Morgan fingerprint density at radius 2 is 1.73 bits per heavy atom. The van der Waals surface area contributed by atoms with Crippen molar-refractivity contribution in [3.8, 4) is 0 Å². The Labute approximate surface area is 128 Å². The number of anilines is 1. The molecule has 0 aliphatic rings. The lowest BCUT2D eigenvalue weighted by atomic mass is 10.1. The molecule has 0 heterocycles. The molecule has 116 valence electrons. The van der Waals surface area contributed by atoms with Crippen LogP contribution in [-0.4, -0.2) is 20.1 Å². The predicted molar refractivity (Wildman–Crippen MR) is 82.9 cm³/mol. The maximum absolute atomic E-state index is 13.5. The van der Waals surface area contributed by atoms with Crippen LogP contribution in [0.25, 0.3) is 0 Å². The Morgan fingerprint density at radius 1 is 1.09 bits per heavy atom. The number of sulfone groups is 1. The number of halogens is 1. The van der Waals surface area contributed by atoms with Gasteiger partial charge in [-0.05, 0) is 36.2 Å². The molecule has 2 aromatic rings. The van der Waals surface area contributed by atoms with Gasteiger partial charge in [-0.1, -0.05) is 31.2 Å². The van der Waals surface area contributed by atoms with Crippen LogP contribution in [-0.2, 0) is 21.1 Å². The predicted octanol–water partition coefficient (Wildman–Crippen LogP) is 2.80. The molecule has 22 heavy (non-hydrogen) atoms. The second-order valence-electron chi connectivity index (χ2n) is 4.79. The molecule has 0 spiro atoms. The molecule has 0 bridgehead atoms. The number of aryl methyl sites for hydroxylation is 1. The second-order valence-corrected chi connectivity index (χ2v) is 6.75. The summed E-state index contributed by atoms with van der Waals surface area (Å²) in [5.74, 6) is -2.36. The van der Waals surface area contributed by atoms with Crippen LogP contribution in [0, 0.1) is 5.82 Å². The van der Waals surface area contributed by atoms with Crippen molar-refractivity contribution in [1.82, 2.24) is 0 Å². The van der Waals surface area contributed by atoms with Crippen molar-refractivity contribution in [1.29, 1.82) is 0 Å². The van der Waals surface area contributed by atoms with E-state index in [1.165, 1.54) is 12.1 Å². The fourth-order valence-corrected chi connectivity index (χ4v) is 3.19. The van der Waals surface area contributed by atoms with Crippen LogP contribution in [0.4, 0.5) is 10.1 Å². The van der Waals surface area contributed by atoms with Crippen LogP contribution in [0.15, 0.2) is 53.4 Å². The van der Waals surface area contributed by atoms with E-state index in [-0.39, 0.29) is 0 Å². The second kappa shape index (κ2) is 6.70. The van der Waals surface area contributed by atoms with Crippen LogP contribution in [0.3, 0.4) is 0 Å². The number of benzene rings is 2. The van der Waals surface area contributed by atoms with Gasteiger partial charge in [0.2, 0.25) is 5.91 Å². The number of carbonyl (C=O) groups is 1. The summed E-state index contributed by atoms with van der Waals surface area (Å²) in [5, 5.41) is 2.50. The minimum atomic E-state index is -4.01. The van der Waals surface area contributed by atoms with Gasteiger partial charge in [0.15, 0.2) is 9.84 Å². The lowest BCUT2D eigenvalue weighted by Gasteiger charge is -2.07. The number of nitrogens with one attached hydrogen (secondary N) is 1. The highest BCUT2D eigenvalue weighted by molar-refractivity contribution is 7.92. The molecule has 2 aromatic carbocycles. The normalized spacial score (nSPS) is 11.2. The number of rotatable bonds is 5. The van der Waals surface area contributed by atoms with Crippen molar-refractivity contribution in [3.05, 3.63) is 59.9 Å². The Bertz CT molecular complexity index is 770. The Morgan fingerprint density at radius 3 is 2.32 bits per heavy atom. The molecule has 1 amide bonds. The minimum Gasteiger partial charge on any atom is -0.325 e. The number of hydrogen-bond acceptors (Lipinski definition) is 3. The molecule has 0 fully saturated rings. The summed E-state index contributed by atoms with van der Waals surface area (Å²) in [6.45, 7) is 2.01. The largest absolute Gasteiger partial charge is 0.325 e. The third kappa shape index (κ3) is 3.92. The number of carbonyl (C=O) groups excluding carboxylic acids is 1. The molecular formula is C16H16FNO3S. The van der Waals surface area contributed by atoms with Crippen LogP contribution < -0.4 is 5.32 Å². The van der Waals surface area contributed by atoms with Crippen LogP contribution in [0.2, 0.25) is 0 Å². The third-order valence-corrected chi connectivity index (χ3v) is 4.78. The molecule has 0 radical (unpaired) electrons. The molecule has 0 saturated heterocycles. The Hall–Kier alpha value is -2.21. The molecule has 0 atom stereocenters. The zero-order valence-electron chi connectivity index (χ0n) is 12.0. The highest BCUT2D eigenvalue weighted by Gasteiger charge is 2.22. The van der Waals surface area contributed by atoms with Gasteiger partial charge < -0.3 is 5.32 Å². The standard InChI is InChI=1S/C16H16FNO3S/c1-2-12-7-9-13(10-8-12)18-16(19)11-22(20,21)15-6-4-3-5-14(15)17/h3-10H,2,11H2,1H3,(H,18,19). The lowest BCUT2D eigenvalue weighted by Crippen LogP contribution is -2.23. The highest BCUT2D eigenvalue weighted by Crippen LogP contribution is 2.16. The Kier molecular flexibility index (Phi) is 4.92. The molecule has 2 rings (SSSR count). The summed E-state index contributed by atoms with van der Waals surface area (Å²) < 4.78 is 37.6. The number of amides is 1. The molecule has 0 saturated carbocycles.